The lowest BCUT2D eigenvalue weighted by atomic mass is 10.4. The normalized spacial score (nSPS) is 12.8. The van der Waals surface area contributed by atoms with Crippen molar-refractivity contribution >= 4 is 16.7 Å². The topological polar surface area (TPSA) is 35.5 Å². The second kappa shape index (κ2) is 14.0. The largest absolute Gasteiger partial charge is 0.357 e. The van der Waals surface area contributed by atoms with Gasteiger partial charge in [0.1, 0.15) is 5.91 Å². The maximum Gasteiger partial charge on any atom is 0.134 e. The van der Waals surface area contributed by atoms with Crippen LogP contribution in [0.4, 0.5) is 0 Å². The highest BCUT2D eigenvalue weighted by atomic mass is 31.2. The maximum absolute atomic E-state index is 13.0. The zero-order valence-electron chi connectivity index (χ0n) is 14.7. The molecule has 0 aliphatic rings. The predicted octanol–water partition coefficient (Wildman–Crippen LogP) is 4.28. The van der Waals surface area contributed by atoms with Crippen molar-refractivity contribution in [3.05, 3.63) is 0 Å². The van der Waals surface area contributed by atoms with Gasteiger partial charge in [0, 0.05) is 31.7 Å². The molecule has 0 amide bonds. The Balaban J connectivity index is 4.07. The summed E-state index contributed by atoms with van der Waals surface area (Å²) in [4.78, 5) is 0. The van der Waals surface area contributed by atoms with E-state index in [4.69, 9.17) is 9.47 Å². The Kier molecular flexibility index (Phi) is 14.2. The molecule has 0 aliphatic heterocycles. The minimum absolute atomic E-state index is 0.0608. The molecule has 0 saturated carbocycles. The molecule has 0 fully saturated rings. The molecule has 0 aromatic heterocycles. The Labute approximate surface area is 134 Å². The summed E-state index contributed by atoms with van der Waals surface area (Å²) in [5.74, 6) is 0.0608. The quantitative estimate of drug-likeness (QED) is 0.194. The van der Waals surface area contributed by atoms with Crippen LogP contribution in [-0.2, 0) is 14.0 Å². The van der Waals surface area contributed by atoms with Gasteiger partial charge in [-0.3, -0.25) is 0 Å². The SMILES string of the molecule is CCCCP(=O)(CCCC)CCC[SiH2]C(OCC)OCC. The highest BCUT2D eigenvalue weighted by Crippen LogP contribution is 2.48. The average molecular weight is 337 g/mol. The van der Waals surface area contributed by atoms with Crippen molar-refractivity contribution in [2.75, 3.05) is 31.7 Å². The second-order valence-corrected chi connectivity index (χ2v) is 11.2. The number of rotatable bonds is 15. The van der Waals surface area contributed by atoms with Crippen molar-refractivity contribution in [2.45, 2.75) is 71.8 Å². The lowest BCUT2D eigenvalue weighted by molar-refractivity contribution is -0.0827. The molecule has 3 nitrogen and oxygen atoms in total. The molecule has 0 rings (SSSR count). The third-order valence-corrected chi connectivity index (χ3v) is 9.04. The third kappa shape index (κ3) is 11.6. The van der Waals surface area contributed by atoms with Crippen molar-refractivity contribution in [1.82, 2.24) is 0 Å². The zero-order chi connectivity index (χ0) is 16.0. The predicted molar refractivity (Wildman–Crippen MR) is 97.0 cm³/mol. The van der Waals surface area contributed by atoms with Crippen LogP contribution in [0.2, 0.25) is 6.04 Å². The molecule has 0 radical (unpaired) electrons. The van der Waals surface area contributed by atoms with Crippen LogP contribution in [0.3, 0.4) is 0 Å². The second-order valence-electron chi connectivity index (χ2n) is 5.77. The first kappa shape index (κ1) is 21.4. The van der Waals surface area contributed by atoms with Crippen molar-refractivity contribution in [1.29, 1.82) is 0 Å². The fraction of sp³-hybridized carbons (Fsp3) is 1.00. The Morgan fingerprint density at radius 3 is 1.76 bits per heavy atom. The molecule has 0 heterocycles. The van der Waals surface area contributed by atoms with Crippen LogP contribution in [0.5, 0.6) is 0 Å². The van der Waals surface area contributed by atoms with E-state index in [-0.39, 0.29) is 15.4 Å². The van der Waals surface area contributed by atoms with E-state index in [0.717, 1.165) is 63.8 Å². The van der Waals surface area contributed by atoms with Gasteiger partial charge in [-0.15, -0.1) is 0 Å². The molecule has 0 saturated heterocycles. The van der Waals surface area contributed by atoms with Crippen molar-refractivity contribution in [3.63, 3.8) is 0 Å². The summed E-state index contributed by atoms with van der Waals surface area (Å²) in [6, 6.07) is 1.19. The highest BCUT2D eigenvalue weighted by molar-refractivity contribution is 7.63. The molecule has 0 N–H and O–H groups in total. The lowest BCUT2D eigenvalue weighted by Crippen LogP contribution is -2.24. The molecular formula is C16H37O3PSi. The molecule has 21 heavy (non-hydrogen) atoms. The van der Waals surface area contributed by atoms with E-state index >= 15 is 0 Å². The van der Waals surface area contributed by atoms with E-state index in [1.54, 1.807) is 0 Å². The maximum atomic E-state index is 13.0. The molecule has 0 atom stereocenters. The number of hydrogen-bond donors (Lipinski definition) is 0. The molecule has 0 spiro atoms. The van der Waals surface area contributed by atoms with Gasteiger partial charge in [-0.1, -0.05) is 32.7 Å². The molecule has 0 aliphatic carbocycles. The Morgan fingerprint density at radius 1 is 0.857 bits per heavy atom. The minimum atomic E-state index is -1.90. The first-order valence-corrected chi connectivity index (χ1v) is 13.0. The standard InChI is InChI=1S/C16H37O3PSi/c1-5-9-12-20(17,13-10-6-2)14-11-15-21-16(18-7-3)19-8-4/h16H,5-15,21H2,1-4H3. The molecule has 5 heteroatoms. The number of ether oxygens (including phenoxy) is 2. The lowest BCUT2D eigenvalue weighted by Gasteiger charge is -2.19. The molecule has 0 unspecified atom stereocenters. The summed E-state index contributed by atoms with van der Waals surface area (Å²) in [6.07, 6.45) is 8.54. The van der Waals surface area contributed by atoms with Crippen LogP contribution >= 0.6 is 7.14 Å². The van der Waals surface area contributed by atoms with Crippen LogP contribution < -0.4 is 0 Å². The zero-order valence-corrected chi connectivity index (χ0v) is 17.0. The van der Waals surface area contributed by atoms with E-state index in [1.165, 1.54) is 6.04 Å². The summed E-state index contributed by atoms with van der Waals surface area (Å²) in [5, 5.41) is 0. The van der Waals surface area contributed by atoms with E-state index in [1.807, 2.05) is 13.8 Å². The summed E-state index contributed by atoms with van der Waals surface area (Å²) in [6.45, 7) is 9.86. The van der Waals surface area contributed by atoms with E-state index < -0.39 is 7.14 Å². The monoisotopic (exact) mass is 336 g/mol. The van der Waals surface area contributed by atoms with Gasteiger partial charge in [0.25, 0.3) is 0 Å². The number of hydrogen-bond acceptors (Lipinski definition) is 3. The van der Waals surface area contributed by atoms with E-state index in [9.17, 15) is 4.57 Å². The van der Waals surface area contributed by atoms with Gasteiger partial charge in [0.05, 0.1) is 16.7 Å². The van der Waals surface area contributed by atoms with Gasteiger partial charge in [-0.05, 0) is 33.1 Å². The summed E-state index contributed by atoms with van der Waals surface area (Å²) in [7, 11) is -2.27. The first-order chi connectivity index (χ1) is 10.1. The van der Waals surface area contributed by atoms with Crippen LogP contribution in [0.1, 0.15) is 59.8 Å². The van der Waals surface area contributed by atoms with Gasteiger partial charge < -0.3 is 14.0 Å². The molecule has 0 aromatic carbocycles. The van der Waals surface area contributed by atoms with Gasteiger partial charge in [-0.25, -0.2) is 0 Å². The molecular weight excluding hydrogens is 299 g/mol. The Bertz CT molecular complexity index is 256. The summed E-state index contributed by atoms with van der Waals surface area (Å²) < 4.78 is 24.2. The Morgan fingerprint density at radius 2 is 1.33 bits per heavy atom. The van der Waals surface area contributed by atoms with Crippen molar-refractivity contribution in [2.24, 2.45) is 0 Å². The fourth-order valence-corrected chi connectivity index (χ4v) is 7.88. The molecule has 128 valence electrons. The van der Waals surface area contributed by atoms with Crippen molar-refractivity contribution in [3.8, 4) is 0 Å². The molecule has 0 aromatic rings. The van der Waals surface area contributed by atoms with Gasteiger partial charge in [0.15, 0.2) is 0 Å². The van der Waals surface area contributed by atoms with E-state index in [0.29, 0.717) is 0 Å². The van der Waals surface area contributed by atoms with Crippen LogP contribution in [0, 0.1) is 0 Å². The third-order valence-electron chi connectivity index (χ3n) is 3.80. The van der Waals surface area contributed by atoms with Gasteiger partial charge in [0.2, 0.25) is 0 Å². The first-order valence-electron chi connectivity index (χ1n) is 8.92. The Hall–Kier alpha value is 0.367. The van der Waals surface area contributed by atoms with Gasteiger partial charge in [-0.2, -0.15) is 0 Å². The van der Waals surface area contributed by atoms with Gasteiger partial charge >= 0.3 is 0 Å². The van der Waals surface area contributed by atoms with E-state index in [2.05, 4.69) is 13.8 Å². The number of unbranched alkanes of at least 4 members (excludes halogenated alkanes) is 2. The smallest absolute Gasteiger partial charge is 0.134 e. The molecule has 0 bridgehead atoms. The van der Waals surface area contributed by atoms with Crippen LogP contribution in [0.25, 0.3) is 0 Å². The van der Waals surface area contributed by atoms with Crippen molar-refractivity contribution < 1.29 is 14.0 Å². The van der Waals surface area contributed by atoms with Crippen LogP contribution in [-0.4, -0.2) is 47.1 Å². The average Bonchev–Trinajstić information content (AvgIpc) is 2.48. The fourth-order valence-electron chi connectivity index (χ4n) is 2.53. The highest BCUT2D eigenvalue weighted by Gasteiger charge is 2.20. The summed E-state index contributed by atoms with van der Waals surface area (Å²) >= 11 is 0. The minimum Gasteiger partial charge on any atom is -0.357 e. The van der Waals surface area contributed by atoms with Crippen LogP contribution in [0.15, 0.2) is 0 Å². The summed E-state index contributed by atoms with van der Waals surface area (Å²) in [5.41, 5.74) is 0.